The molecule has 1 unspecified atom stereocenters. The maximum atomic E-state index is 9.27. The van der Waals surface area contributed by atoms with Gasteiger partial charge < -0.3 is 5.11 Å². The predicted molar refractivity (Wildman–Crippen MR) is 91.1 cm³/mol. The standard InChI is InChI=1S/C19H40O/c1-4-5-6-7-8-9-10-11-12-13-14-15-16-19(17-20)18(2)3/h18-20H,4-17H2,1-3H3. The van der Waals surface area contributed by atoms with Gasteiger partial charge in [-0.1, -0.05) is 97.8 Å². The largest absolute Gasteiger partial charge is 0.396 e. The second kappa shape index (κ2) is 15.4. The molecule has 122 valence electrons. The third-order valence-corrected chi connectivity index (χ3v) is 4.61. The molecule has 1 N–H and O–H groups in total. The molecule has 0 radical (unpaired) electrons. The molecule has 1 atom stereocenters. The summed E-state index contributed by atoms with van der Waals surface area (Å²) in [5.41, 5.74) is 0. The molecule has 0 spiro atoms. The van der Waals surface area contributed by atoms with Gasteiger partial charge >= 0.3 is 0 Å². The number of unbranched alkanes of at least 4 members (excludes halogenated alkanes) is 11. The quantitative estimate of drug-likeness (QED) is 0.348. The molecule has 1 nitrogen and oxygen atoms in total. The molecule has 0 aliphatic rings. The van der Waals surface area contributed by atoms with Gasteiger partial charge in [-0.25, -0.2) is 0 Å². The van der Waals surface area contributed by atoms with Gasteiger partial charge in [-0.2, -0.15) is 0 Å². The fraction of sp³-hybridized carbons (Fsp3) is 1.00. The van der Waals surface area contributed by atoms with Crippen molar-refractivity contribution in [3.63, 3.8) is 0 Å². The lowest BCUT2D eigenvalue weighted by Crippen LogP contribution is -2.13. The average Bonchev–Trinajstić information content (AvgIpc) is 2.43. The monoisotopic (exact) mass is 284 g/mol. The van der Waals surface area contributed by atoms with E-state index in [1.165, 1.54) is 83.5 Å². The van der Waals surface area contributed by atoms with Gasteiger partial charge in [0.2, 0.25) is 0 Å². The van der Waals surface area contributed by atoms with Gasteiger partial charge in [-0.3, -0.25) is 0 Å². The Morgan fingerprint density at radius 3 is 1.40 bits per heavy atom. The predicted octanol–water partition coefficient (Wildman–Crippen LogP) is 6.34. The van der Waals surface area contributed by atoms with Crippen molar-refractivity contribution in [2.45, 2.75) is 104 Å². The lowest BCUT2D eigenvalue weighted by molar-refractivity contribution is 0.178. The molecule has 0 aromatic carbocycles. The van der Waals surface area contributed by atoms with Crippen molar-refractivity contribution in [1.82, 2.24) is 0 Å². The number of aliphatic hydroxyl groups is 1. The van der Waals surface area contributed by atoms with E-state index in [0.29, 0.717) is 18.4 Å². The Morgan fingerprint density at radius 1 is 0.650 bits per heavy atom. The van der Waals surface area contributed by atoms with Crippen molar-refractivity contribution in [3.8, 4) is 0 Å². The first kappa shape index (κ1) is 20.0. The second-order valence-corrected chi connectivity index (χ2v) is 6.86. The molecule has 20 heavy (non-hydrogen) atoms. The van der Waals surface area contributed by atoms with Crippen molar-refractivity contribution < 1.29 is 5.11 Å². The van der Waals surface area contributed by atoms with Crippen LogP contribution in [0.5, 0.6) is 0 Å². The fourth-order valence-corrected chi connectivity index (χ4v) is 2.88. The van der Waals surface area contributed by atoms with Gasteiger partial charge in [0.15, 0.2) is 0 Å². The first-order valence-corrected chi connectivity index (χ1v) is 9.33. The maximum Gasteiger partial charge on any atom is 0.0461 e. The highest BCUT2D eigenvalue weighted by molar-refractivity contribution is 4.61. The molecule has 1 heteroatoms. The molecule has 0 rings (SSSR count). The Labute approximate surface area is 128 Å². The molecule has 0 fully saturated rings. The zero-order valence-corrected chi connectivity index (χ0v) is 14.5. The summed E-state index contributed by atoms with van der Waals surface area (Å²) in [6.45, 7) is 7.10. The van der Waals surface area contributed by atoms with Crippen molar-refractivity contribution in [2.75, 3.05) is 6.61 Å². The number of hydrogen-bond donors (Lipinski definition) is 1. The highest BCUT2D eigenvalue weighted by Gasteiger charge is 2.10. The third kappa shape index (κ3) is 13.0. The third-order valence-electron chi connectivity index (χ3n) is 4.61. The van der Waals surface area contributed by atoms with E-state index in [9.17, 15) is 5.11 Å². The first-order chi connectivity index (χ1) is 9.72. The van der Waals surface area contributed by atoms with Crippen LogP contribution in [-0.2, 0) is 0 Å². The van der Waals surface area contributed by atoms with Crippen LogP contribution in [0.2, 0.25) is 0 Å². The van der Waals surface area contributed by atoms with Gasteiger partial charge in [-0.05, 0) is 18.3 Å². The summed E-state index contributed by atoms with van der Waals surface area (Å²) in [5.74, 6) is 1.16. The fourth-order valence-electron chi connectivity index (χ4n) is 2.88. The van der Waals surface area contributed by atoms with Gasteiger partial charge in [-0.15, -0.1) is 0 Å². The smallest absolute Gasteiger partial charge is 0.0461 e. The normalized spacial score (nSPS) is 13.1. The van der Waals surface area contributed by atoms with E-state index in [1.807, 2.05) is 0 Å². The number of hydrogen-bond acceptors (Lipinski definition) is 1. The molecule has 0 heterocycles. The summed E-state index contributed by atoms with van der Waals surface area (Å²) in [6, 6.07) is 0. The van der Waals surface area contributed by atoms with Gasteiger partial charge in [0.25, 0.3) is 0 Å². The minimum Gasteiger partial charge on any atom is -0.396 e. The number of rotatable bonds is 15. The number of aliphatic hydroxyl groups excluding tert-OH is 1. The molecule has 0 aliphatic heterocycles. The van der Waals surface area contributed by atoms with Crippen LogP contribution in [0.3, 0.4) is 0 Å². The second-order valence-electron chi connectivity index (χ2n) is 6.86. The zero-order valence-electron chi connectivity index (χ0n) is 14.5. The van der Waals surface area contributed by atoms with Crippen molar-refractivity contribution in [2.24, 2.45) is 11.8 Å². The highest BCUT2D eigenvalue weighted by Crippen LogP contribution is 2.19. The average molecular weight is 285 g/mol. The van der Waals surface area contributed by atoms with E-state index in [2.05, 4.69) is 20.8 Å². The van der Waals surface area contributed by atoms with Crippen LogP contribution in [0.15, 0.2) is 0 Å². The topological polar surface area (TPSA) is 20.2 Å². The Balaban J connectivity index is 3.13. The molecule has 0 aromatic rings. The molecule has 0 aliphatic carbocycles. The molecule has 0 amide bonds. The lowest BCUT2D eigenvalue weighted by atomic mass is 9.91. The van der Waals surface area contributed by atoms with E-state index >= 15 is 0 Å². The highest BCUT2D eigenvalue weighted by atomic mass is 16.3. The van der Waals surface area contributed by atoms with Crippen LogP contribution in [-0.4, -0.2) is 11.7 Å². The Hall–Kier alpha value is -0.0400. The summed E-state index contributed by atoms with van der Waals surface area (Å²) in [4.78, 5) is 0. The van der Waals surface area contributed by atoms with Crippen molar-refractivity contribution in [3.05, 3.63) is 0 Å². The molecule has 0 aromatic heterocycles. The SMILES string of the molecule is CCCCCCCCCCCCCCC(CO)C(C)C. The zero-order chi connectivity index (χ0) is 15.1. The van der Waals surface area contributed by atoms with Gasteiger partial charge in [0.1, 0.15) is 0 Å². The Bertz CT molecular complexity index is 177. The maximum absolute atomic E-state index is 9.27. The lowest BCUT2D eigenvalue weighted by Gasteiger charge is -2.17. The van der Waals surface area contributed by atoms with Crippen LogP contribution >= 0.6 is 0 Å². The van der Waals surface area contributed by atoms with Gasteiger partial charge in [0, 0.05) is 6.61 Å². The van der Waals surface area contributed by atoms with E-state index in [-0.39, 0.29) is 0 Å². The minimum absolute atomic E-state index is 0.371. The summed E-state index contributed by atoms with van der Waals surface area (Å²) in [6.07, 6.45) is 18.1. The molecular formula is C19H40O. The van der Waals surface area contributed by atoms with Crippen LogP contribution in [0.25, 0.3) is 0 Å². The summed E-state index contributed by atoms with van der Waals surface area (Å²) >= 11 is 0. The van der Waals surface area contributed by atoms with Crippen molar-refractivity contribution in [1.29, 1.82) is 0 Å². The van der Waals surface area contributed by atoms with Crippen LogP contribution < -0.4 is 0 Å². The van der Waals surface area contributed by atoms with E-state index in [1.54, 1.807) is 0 Å². The van der Waals surface area contributed by atoms with Crippen LogP contribution in [0.1, 0.15) is 104 Å². The first-order valence-electron chi connectivity index (χ1n) is 9.33. The minimum atomic E-state index is 0.371. The molecule has 0 saturated heterocycles. The van der Waals surface area contributed by atoms with Crippen LogP contribution in [0, 0.1) is 11.8 Å². The van der Waals surface area contributed by atoms with E-state index in [0.717, 1.165) is 0 Å². The molecular weight excluding hydrogens is 244 g/mol. The summed E-state index contributed by atoms with van der Waals surface area (Å²) in [7, 11) is 0. The van der Waals surface area contributed by atoms with E-state index < -0.39 is 0 Å². The Kier molecular flexibility index (Phi) is 15.3. The Morgan fingerprint density at radius 2 is 1.05 bits per heavy atom. The molecule has 0 saturated carbocycles. The van der Waals surface area contributed by atoms with Gasteiger partial charge in [0.05, 0.1) is 0 Å². The summed E-state index contributed by atoms with van der Waals surface area (Å²) in [5, 5.41) is 9.27. The molecule has 0 bridgehead atoms. The van der Waals surface area contributed by atoms with Crippen LogP contribution in [0.4, 0.5) is 0 Å². The van der Waals surface area contributed by atoms with E-state index in [4.69, 9.17) is 0 Å². The summed E-state index contributed by atoms with van der Waals surface area (Å²) < 4.78 is 0. The van der Waals surface area contributed by atoms with Crippen molar-refractivity contribution >= 4 is 0 Å².